The van der Waals surface area contributed by atoms with Crippen LogP contribution in [0.5, 0.6) is 0 Å². The average Bonchev–Trinajstić information content (AvgIpc) is 2.53. The summed E-state index contributed by atoms with van der Waals surface area (Å²) < 4.78 is 0. The number of likely N-dealkylation sites (N-methyl/N-ethyl adjacent to an activating group) is 1. The average molecular weight is 280 g/mol. The summed E-state index contributed by atoms with van der Waals surface area (Å²) in [5.74, 6) is 0.124. The minimum atomic E-state index is -0.149. The maximum atomic E-state index is 12.7. The van der Waals surface area contributed by atoms with Crippen molar-refractivity contribution >= 4 is 11.6 Å². The van der Waals surface area contributed by atoms with Gasteiger partial charge < -0.3 is 10.2 Å². The molecule has 0 aromatic heterocycles. The van der Waals surface area contributed by atoms with Gasteiger partial charge in [-0.05, 0) is 36.1 Å². The van der Waals surface area contributed by atoms with Crippen LogP contribution in [-0.4, -0.2) is 19.0 Å². The normalized spacial score (nSPS) is 17.1. The zero-order valence-corrected chi connectivity index (χ0v) is 12.5. The van der Waals surface area contributed by atoms with Crippen LogP contribution in [0.3, 0.4) is 0 Å². The smallest absolute Gasteiger partial charge is 0.244 e. The molecule has 3 heteroatoms. The Labute approximate surface area is 125 Å². The van der Waals surface area contributed by atoms with Crippen molar-refractivity contribution in [3.05, 3.63) is 65.2 Å². The second-order valence-electron chi connectivity index (χ2n) is 5.59. The molecule has 1 aliphatic rings. The van der Waals surface area contributed by atoms with Gasteiger partial charge in [-0.3, -0.25) is 4.79 Å². The van der Waals surface area contributed by atoms with E-state index in [0.29, 0.717) is 0 Å². The molecule has 2 aromatic carbocycles. The van der Waals surface area contributed by atoms with E-state index in [-0.39, 0.29) is 11.9 Å². The van der Waals surface area contributed by atoms with Gasteiger partial charge in [-0.25, -0.2) is 0 Å². The fourth-order valence-corrected chi connectivity index (χ4v) is 2.92. The summed E-state index contributed by atoms with van der Waals surface area (Å²) in [5, 5.41) is 3.35. The summed E-state index contributed by atoms with van der Waals surface area (Å²) in [5.41, 5.74) is 4.65. The number of carbonyl (C=O) groups is 1. The second-order valence-corrected chi connectivity index (χ2v) is 5.59. The van der Waals surface area contributed by atoms with Gasteiger partial charge in [0, 0.05) is 19.3 Å². The van der Waals surface area contributed by atoms with Crippen molar-refractivity contribution in [3.8, 4) is 0 Å². The SMILES string of the molecule is Cc1ccccc1N(C)C(=O)C1Cc2ccccc2CN1. The summed E-state index contributed by atoms with van der Waals surface area (Å²) in [6.45, 7) is 2.79. The summed E-state index contributed by atoms with van der Waals surface area (Å²) in [6, 6.07) is 16.1. The maximum Gasteiger partial charge on any atom is 0.244 e. The molecule has 1 aliphatic heterocycles. The molecule has 1 heterocycles. The molecule has 3 nitrogen and oxygen atoms in total. The lowest BCUT2D eigenvalue weighted by atomic mass is 9.95. The molecule has 3 rings (SSSR count). The van der Waals surface area contributed by atoms with Crippen LogP contribution in [0.2, 0.25) is 0 Å². The predicted molar refractivity (Wildman–Crippen MR) is 85.4 cm³/mol. The van der Waals surface area contributed by atoms with E-state index in [9.17, 15) is 4.79 Å². The molecule has 0 spiro atoms. The van der Waals surface area contributed by atoms with Crippen molar-refractivity contribution in [1.82, 2.24) is 5.32 Å². The van der Waals surface area contributed by atoms with Crippen molar-refractivity contribution in [2.75, 3.05) is 11.9 Å². The van der Waals surface area contributed by atoms with Crippen molar-refractivity contribution in [2.24, 2.45) is 0 Å². The number of fused-ring (bicyclic) bond motifs is 1. The fraction of sp³-hybridized carbons (Fsp3) is 0.278. The van der Waals surface area contributed by atoms with Gasteiger partial charge >= 0.3 is 0 Å². The highest BCUT2D eigenvalue weighted by Crippen LogP contribution is 2.21. The summed E-state index contributed by atoms with van der Waals surface area (Å²) in [7, 11) is 1.85. The minimum absolute atomic E-state index is 0.124. The van der Waals surface area contributed by atoms with Crippen LogP contribution in [0.1, 0.15) is 16.7 Å². The first-order chi connectivity index (χ1) is 10.2. The molecule has 0 saturated heterocycles. The first-order valence-electron chi connectivity index (χ1n) is 7.30. The minimum Gasteiger partial charge on any atom is -0.314 e. The van der Waals surface area contributed by atoms with Gasteiger partial charge in [0.05, 0.1) is 6.04 Å². The molecule has 1 amide bonds. The largest absolute Gasteiger partial charge is 0.314 e. The zero-order chi connectivity index (χ0) is 14.8. The molecule has 1 N–H and O–H groups in total. The highest BCUT2D eigenvalue weighted by molar-refractivity contribution is 5.97. The number of hydrogen-bond acceptors (Lipinski definition) is 2. The molecule has 0 bridgehead atoms. The Balaban J connectivity index is 1.79. The Morgan fingerprint density at radius 1 is 1.10 bits per heavy atom. The maximum absolute atomic E-state index is 12.7. The monoisotopic (exact) mass is 280 g/mol. The number of rotatable bonds is 2. The number of amides is 1. The lowest BCUT2D eigenvalue weighted by Gasteiger charge is -2.29. The van der Waals surface area contributed by atoms with Gasteiger partial charge in [0.15, 0.2) is 0 Å². The van der Waals surface area contributed by atoms with Crippen LogP contribution >= 0.6 is 0 Å². The highest BCUT2D eigenvalue weighted by Gasteiger charge is 2.27. The van der Waals surface area contributed by atoms with E-state index < -0.39 is 0 Å². The Hall–Kier alpha value is -2.13. The van der Waals surface area contributed by atoms with Gasteiger partial charge in [-0.1, -0.05) is 42.5 Å². The van der Waals surface area contributed by atoms with Gasteiger partial charge in [-0.2, -0.15) is 0 Å². The second kappa shape index (κ2) is 5.70. The van der Waals surface area contributed by atoms with Gasteiger partial charge in [0.25, 0.3) is 0 Å². The van der Waals surface area contributed by atoms with E-state index in [4.69, 9.17) is 0 Å². The lowest BCUT2D eigenvalue weighted by Crippen LogP contribution is -2.48. The molecule has 0 fully saturated rings. The number of aryl methyl sites for hydroxylation is 1. The molecule has 0 radical (unpaired) electrons. The number of nitrogens with one attached hydrogen (secondary N) is 1. The molecular formula is C18H20N2O. The van der Waals surface area contributed by atoms with E-state index in [1.807, 2.05) is 50.4 Å². The van der Waals surface area contributed by atoms with Crippen LogP contribution in [-0.2, 0) is 17.8 Å². The molecule has 1 unspecified atom stereocenters. The first kappa shape index (κ1) is 13.8. The third-order valence-electron chi connectivity index (χ3n) is 4.19. The van der Waals surface area contributed by atoms with Gasteiger partial charge in [-0.15, -0.1) is 0 Å². The van der Waals surface area contributed by atoms with E-state index >= 15 is 0 Å². The first-order valence-corrected chi connectivity index (χ1v) is 7.30. The molecule has 0 aliphatic carbocycles. The van der Waals surface area contributed by atoms with Crippen LogP contribution in [0.15, 0.2) is 48.5 Å². The zero-order valence-electron chi connectivity index (χ0n) is 12.5. The van der Waals surface area contributed by atoms with Crippen LogP contribution in [0, 0.1) is 6.92 Å². The summed E-state index contributed by atoms with van der Waals surface area (Å²) in [6.07, 6.45) is 0.755. The van der Waals surface area contributed by atoms with Gasteiger partial charge in [0.1, 0.15) is 0 Å². The van der Waals surface area contributed by atoms with Crippen molar-refractivity contribution < 1.29 is 4.79 Å². The summed E-state index contributed by atoms with van der Waals surface area (Å²) in [4.78, 5) is 14.5. The molecule has 21 heavy (non-hydrogen) atoms. The molecular weight excluding hydrogens is 260 g/mol. The Kier molecular flexibility index (Phi) is 3.76. The number of hydrogen-bond donors (Lipinski definition) is 1. The predicted octanol–water partition coefficient (Wildman–Crippen LogP) is 2.67. The molecule has 0 saturated carbocycles. The van der Waals surface area contributed by atoms with Crippen molar-refractivity contribution in [1.29, 1.82) is 0 Å². The molecule has 108 valence electrons. The molecule has 1 atom stereocenters. The van der Waals surface area contributed by atoms with Crippen LogP contribution in [0.25, 0.3) is 0 Å². The quantitative estimate of drug-likeness (QED) is 0.917. The van der Waals surface area contributed by atoms with Crippen LogP contribution in [0.4, 0.5) is 5.69 Å². The lowest BCUT2D eigenvalue weighted by molar-refractivity contribution is -0.120. The van der Waals surface area contributed by atoms with Crippen molar-refractivity contribution in [3.63, 3.8) is 0 Å². The number of carbonyl (C=O) groups excluding carboxylic acids is 1. The number of anilines is 1. The Morgan fingerprint density at radius 2 is 1.76 bits per heavy atom. The van der Waals surface area contributed by atoms with E-state index in [1.165, 1.54) is 11.1 Å². The summed E-state index contributed by atoms with van der Waals surface area (Å²) >= 11 is 0. The number of nitrogens with zero attached hydrogens (tertiary/aromatic N) is 1. The number of benzene rings is 2. The van der Waals surface area contributed by atoms with E-state index in [2.05, 4.69) is 17.4 Å². The Bertz CT molecular complexity index is 666. The Morgan fingerprint density at radius 3 is 2.52 bits per heavy atom. The third-order valence-corrected chi connectivity index (χ3v) is 4.19. The van der Waals surface area contributed by atoms with E-state index in [1.54, 1.807) is 4.90 Å². The van der Waals surface area contributed by atoms with Crippen LogP contribution < -0.4 is 10.2 Å². The topological polar surface area (TPSA) is 32.3 Å². The number of para-hydroxylation sites is 1. The molecule has 2 aromatic rings. The fourth-order valence-electron chi connectivity index (χ4n) is 2.92. The van der Waals surface area contributed by atoms with Crippen molar-refractivity contribution in [2.45, 2.75) is 25.9 Å². The standard InChI is InChI=1S/C18H20N2O/c1-13-7-3-6-10-17(13)20(2)18(21)16-11-14-8-4-5-9-15(14)12-19-16/h3-10,16,19H,11-12H2,1-2H3. The highest BCUT2D eigenvalue weighted by atomic mass is 16.2. The third kappa shape index (κ3) is 2.69. The van der Waals surface area contributed by atoms with E-state index in [0.717, 1.165) is 24.2 Å². The van der Waals surface area contributed by atoms with Gasteiger partial charge in [0.2, 0.25) is 5.91 Å².